The van der Waals surface area contributed by atoms with E-state index in [0.29, 0.717) is 29.2 Å². The van der Waals surface area contributed by atoms with Crippen LogP contribution in [0.5, 0.6) is 5.75 Å². The van der Waals surface area contributed by atoms with Gasteiger partial charge in [0.1, 0.15) is 5.75 Å². The van der Waals surface area contributed by atoms with Crippen LogP contribution in [0.2, 0.25) is 0 Å². The Kier molecular flexibility index (Phi) is 9.69. The molecule has 3 rings (SSSR count). The van der Waals surface area contributed by atoms with Crippen molar-refractivity contribution in [3.8, 4) is 5.75 Å². The summed E-state index contributed by atoms with van der Waals surface area (Å²) in [5.41, 5.74) is 1.56. The van der Waals surface area contributed by atoms with Crippen molar-refractivity contribution in [1.82, 2.24) is 10.2 Å². The zero-order valence-electron chi connectivity index (χ0n) is 19.3. The second kappa shape index (κ2) is 12.9. The summed E-state index contributed by atoms with van der Waals surface area (Å²) in [5, 5.41) is 5.88. The lowest BCUT2D eigenvalue weighted by molar-refractivity contribution is 0.0725. The number of rotatable bonds is 9. The van der Waals surface area contributed by atoms with Gasteiger partial charge in [0.05, 0.1) is 23.4 Å². The molecular formula is C26H33N3O3S. The molecule has 0 unspecified atom stereocenters. The fourth-order valence-corrected chi connectivity index (χ4v) is 4.06. The maximum absolute atomic E-state index is 13.0. The van der Waals surface area contributed by atoms with Crippen molar-refractivity contribution in [3.63, 3.8) is 0 Å². The molecule has 0 atom stereocenters. The smallest absolute Gasteiger partial charge is 0.261 e. The SMILES string of the molecule is CCCCCCOc1ccccc1C(=O)NC(=S)Nc1ccccc1C(=O)N1CCCCC1. The minimum absolute atomic E-state index is 0.0197. The minimum Gasteiger partial charge on any atom is -0.493 e. The number of likely N-dealkylation sites (tertiary alicyclic amines) is 1. The Bertz CT molecular complexity index is 957. The predicted molar refractivity (Wildman–Crippen MR) is 136 cm³/mol. The van der Waals surface area contributed by atoms with Gasteiger partial charge in [-0.05, 0) is 62.2 Å². The number of nitrogens with one attached hydrogen (secondary N) is 2. The molecule has 2 N–H and O–H groups in total. The fourth-order valence-electron chi connectivity index (χ4n) is 3.86. The van der Waals surface area contributed by atoms with Gasteiger partial charge in [0.25, 0.3) is 11.8 Å². The maximum Gasteiger partial charge on any atom is 0.261 e. The molecule has 176 valence electrons. The third-order valence-electron chi connectivity index (χ3n) is 5.66. The molecule has 1 heterocycles. The van der Waals surface area contributed by atoms with E-state index in [4.69, 9.17) is 17.0 Å². The number of carbonyl (C=O) groups is 2. The van der Waals surface area contributed by atoms with E-state index in [0.717, 1.165) is 51.6 Å². The van der Waals surface area contributed by atoms with E-state index >= 15 is 0 Å². The number of thiocarbonyl (C=S) groups is 1. The Morgan fingerprint density at radius 2 is 1.64 bits per heavy atom. The highest BCUT2D eigenvalue weighted by molar-refractivity contribution is 7.80. The molecule has 0 spiro atoms. The van der Waals surface area contributed by atoms with Crippen molar-refractivity contribution in [1.29, 1.82) is 0 Å². The largest absolute Gasteiger partial charge is 0.493 e. The monoisotopic (exact) mass is 467 g/mol. The molecule has 0 saturated carbocycles. The number of ether oxygens (including phenoxy) is 1. The van der Waals surface area contributed by atoms with E-state index < -0.39 is 0 Å². The average molecular weight is 468 g/mol. The number of benzene rings is 2. The standard InChI is InChI=1S/C26H33N3O3S/c1-2-3-4-12-19-32-23-16-9-7-14-21(23)24(30)28-26(33)27-22-15-8-6-13-20(22)25(31)29-17-10-5-11-18-29/h6-9,13-16H,2-5,10-12,17-19H2,1H3,(H2,27,28,30,33). The highest BCUT2D eigenvalue weighted by atomic mass is 32.1. The number of hydrogen-bond donors (Lipinski definition) is 2. The van der Waals surface area contributed by atoms with Crippen LogP contribution >= 0.6 is 12.2 Å². The Balaban J connectivity index is 1.61. The van der Waals surface area contributed by atoms with Crippen molar-refractivity contribution in [3.05, 3.63) is 59.7 Å². The molecule has 1 aliphatic heterocycles. The van der Waals surface area contributed by atoms with Crippen molar-refractivity contribution >= 4 is 34.8 Å². The first-order valence-corrected chi connectivity index (χ1v) is 12.2. The highest BCUT2D eigenvalue weighted by Crippen LogP contribution is 2.21. The van der Waals surface area contributed by atoms with E-state index in [1.165, 1.54) is 6.42 Å². The van der Waals surface area contributed by atoms with Crippen LogP contribution in [0.3, 0.4) is 0 Å². The molecule has 6 nitrogen and oxygen atoms in total. The fraction of sp³-hybridized carbons (Fsp3) is 0.423. The summed E-state index contributed by atoms with van der Waals surface area (Å²) >= 11 is 5.38. The van der Waals surface area contributed by atoms with E-state index in [2.05, 4.69) is 17.6 Å². The zero-order chi connectivity index (χ0) is 23.5. The molecule has 1 aliphatic rings. The summed E-state index contributed by atoms with van der Waals surface area (Å²) in [6.07, 6.45) is 7.60. The number of piperidine rings is 1. The van der Waals surface area contributed by atoms with Crippen molar-refractivity contribution < 1.29 is 14.3 Å². The second-order valence-electron chi connectivity index (χ2n) is 8.21. The molecule has 2 aromatic carbocycles. The Morgan fingerprint density at radius 3 is 2.39 bits per heavy atom. The number of carbonyl (C=O) groups excluding carboxylic acids is 2. The first-order chi connectivity index (χ1) is 16.1. The van der Waals surface area contributed by atoms with Crippen molar-refractivity contribution in [2.45, 2.75) is 51.9 Å². The van der Waals surface area contributed by atoms with Gasteiger partial charge in [0.15, 0.2) is 5.11 Å². The lowest BCUT2D eigenvalue weighted by Crippen LogP contribution is -2.37. The summed E-state index contributed by atoms with van der Waals surface area (Å²) in [6, 6.07) is 14.4. The number of amides is 2. The van der Waals surface area contributed by atoms with Crippen molar-refractivity contribution in [2.24, 2.45) is 0 Å². The molecule has 0 radical (unpaired) electrons. The Morgan fingerprint density at radius 1 is 0.939 bits per heavy atom. The van der Waals surface area contributed by atoms with Gasteiger partial charge in [-0.1, -0.05) is 50.5 Å². The van der Waals surface area contributed by atoms with Crippen LogP contribution in [-0.4, -0.2) is 41.5 Å². The summed E-state index contributed by atoms with van der Waals surface area (Å²) in [7, 11) is 0. The number of para-hydroxylation sites is 2. The summed E-state index contributed by atoms with van der Waals surface area (Å²) in [4.78, 5) is 27.7. The molecule has 0 aromatic heterocycles. The van der Waals surface area contributed by atoms with Crippen LogP contribution < -0.4 is 15.4 Å². The molecule has 0 bridgehead atoms. The molecule has 1 saturated heterocycles. The van der Waals surface area contributed by atoms with E-state index in [-0.39, 0.29) is 16.9 Å². The Hall–Kier alpha value is -2.93. The summed E-state index contributed by atoms with van der Waals surface area (Å²) in [5.74, 6) is 0.167. The molecule has 1 fully saturated rings. The van der Waals surface area contributed by atoms with Crippen LogP contribution in [0.4, 0.5) is 5.69 Å². The van der Waals surface area contributed by atoms with E-state index in [9.17, 15) is 9.59 Å². The van der Waals surface area contributed by atoms with E-state index in [1.807, 2.05) is 23.1 Å². The third-order valence-corrected chi connectivity index (χ3v) is 5.87. The third kappa shape index (κ3) is 7.29. The topological polar surface area (TPSA) is 70.7 Å². The average Bonchev–Trinajstić information content (AvgIpc) is 2.84. The number of hydrogen-bond acceptors (Lipinski definition) is 4. The van der Waals surface area contributed by atoms with Crippen LogP contribution in [-0.2, 0) is 0 Å². The molecule has 33 heavy (non-hydrogen) atoms. The van der Waals surface area contributed by atoms with Crippen LogP contribution in [0.25, 0.3) is 0 Å². The van der Waals surface area contributed by atoms with Gasteiger partial charge in [0, 0.05) is 13.1 Å². The molecule has 7 heteroatoms. The van der Waals surface area contributed by atoms with E-state index in [1.54, 1.807) is 30.3 Å². The molecule has 2 aromatic rings. The van der Waals surface area contributed by atoms with Gasteiger partial charge < -0.3 is 15.0 Å². The highest BCUT2D eigenvalue weighted by Gasteiger charge is 2.21. The maximum atomic E-state index is 13.0. The van der Waals surface area contributed by atoms with Gasteiger partial charge in [0.2, 0.25) is 0 Å². The van der Waals surface area contributed by atoms with Gasteiger partial charge in [-0.25, -0.2) is 0 Å². The lowest BCUT2D eigenvalue weighted by atomic mass is 10.1. The summed E-state index contributed by atoms with van der Waals surface area (Å²) in [6.45, 7) is 4.27. The van der Waals surface area contributed by atoms with Crippen LogP contribution in [0.15, 0.2) is 48.5 Å². The first kappa shape index (κ1) is 24.7. The van der Waals surface area contributed by atoms with Crippen molar-refractivity contribution in [2.75, 3.05) is 25.0 Å². The van der Waals surface area contributed by atoms with Crippen LogP contribution in [0.1, 0.15) is 72.6 Å². The number of anilines is 1. The number of nitrogens with zero attached hydrogens (tertiary/aromatic N) is 1. The molecular weight excluding hydrogens is 434 g/mol. The lowest BCUT2D eigenvalue weighted by Gasteiger charge is -2.27. The second-order valence-corrected chi connectivity index (χ2v) is 8.62. The van der Waals surface area contributed by atoms with Gasteiger partial charge >= 0.3 is 0 Å². The van der Waals surface area contributed by atoms with Crippen LogP contribution in [0, 0.1) is 0 Å². The zero-order valence-corrected chi connectivity index (χ0v) is 20.1. The quantitative estimate of drug-likeness (QED) is 0.382. The van der Waals surface area contributed by atoms with Gasteiger partial charge in [-0.3, -0.25) is 14.9 Å². The summed E-state index contributed by atoms with van der Waals surface area (Å²) < 4.78 is 5.85. The first-order valence-electron chi connectivity index (χ1n) is 11.8. The molecule has 2 amide bonds. The minimum atomic E-state index is -0.350. The molecule has 0 aliphatic carbocycles. The predicted octanol–water partition coefficient (Wildman–Crippen LogP) is 5.40. The van der Waals surface area contributed by atoms with Gasteiger partial charge in [-0.2, -0.15) is 0 Å². The Labute approximate surface area is 201 Å². The number of unbranched alkanes of at least 4 members (excludes halogenated alkanes) is 3. The van der Waals surface area contributed by atoms with Gasteiger partial charge in [-0.15, -0.1) is 0 Å². The normalized spacial score (nSPS) is 13.3.